The Morgan fingerprint density at radius 2 is 2.21 bits per heavy atom. The van der Waals surface area contributed by atoms with Crippen LogP contribution in [-0.4, -0.2) is 53.6 Å². The smallest absolute Gasteiger partial charge is 0.341 e. The van der Waals surface area contributed by atoms with E-state index in [1.165, 1.54) is 6.20 Å². The first-order chi connectivity index (χ1) is 13.0. The van der Waals surface area contributed by atoms with Gasteiger partial charge in [-0.25, -0.2) is 9.48 Å². The lowest BCUT2D eigenvalue weighted by Crippen LogP contribution is -2.53. The van der Waals surface area contributed by atoms with E-state index >= 15 is 0 Å². The monoisotopic (exact) mass is 408 g/mol. The van der Waals surface area contributed by atoms with Crippen LogP contribution < -0.4 is 10.6 Å². The van der Waals surface area contributed by atoms with E-state index in [0.717, 1.165) is 5.69 Å². The van der Waals surface area contributed by atoms with Crippen molar-refractivity contribution in [3.63, 3.8) is 0 Å². The van der Waals surface area contributed by atoms with Gasteiger partial charge in [-0.2, -0.15) is 5.10 Å². The van der Waals surface area contributed by atoms with Crippen LogP contribution in [0, 0.1) is 6.92 Å². The number of aromatic nitrogens is 2. The summed E-state index contributed by atoms with van der Waals surface area (Å²) in [5.74, 6) is -0.549. The van der Waals surface area contributed by atoms with E-state index in [1.807, 2.05) is 19.1 Å². The van der Waals surface area contributed by atoms with Crippen molar-refractivity contribution in [2.24, 2.45) is 0 Å². The summed E-state index contributed by atoms with van der Waals surface area (Å²) in [6.45, 7) is 6.99. The average molecular weight is 409 g/mol. The molecule has 0 aliphatic carbocycles. The summed E-state index contributed by atoms with van der Waals surface area (Å²) in [6, 6.07) is 6.89. The molecule has 1 aliphatic rings. The molecular formula is C19H25ClN4O4. The molecule has 0 saturated carbocycles. The number of rotatable bonds is 5. The minimum Gasteiger partial charge on any atom is -0.462 e. The molecule has 2 aromatic rings. The topological polar surface area (TPSA) is 94.5 Å². The zero-order valence-corrected chi connectivity index (χ0v) is 16.9. The number of nitrogens with one attached hydrogen (secondary N) is 2. The first-order valence-corrected chi connectivity index (χ1v) is 8.99. The van der Waals surface area contributed by atoms with Crippen molar-refractivity contribution in [3.8, 4) is 5.69 Å². The van der Waals surface area contributed by atoms with E-state index < -0.39 is 12.0 Å². The molecule has 28 heavy (non-hydrogen) atoms. The largest absolute Gasteiger partial charge is 0.462 e. The first-order valence-electron chi connectivity index (χ1n) is 8.99. The van der Waals surface area contributed by atoms with Gasteiger partial charge < -0.3 is 20.1 Å². The number of hydrogen-bond acceptors (Lipinski definition) is 6. The molecule has 0 bridgehead atoms. The normalized spacial score (nSPS) is 18.8. The SMILES string of the molecule is CCOC(=O)c1cnn(-c2cccc(NC(=O)[C@H]3NCCO[C@@H]3C)c2)c1C.Cl. The number of benzene rings is 1. The maximum Gasteiger partial charge on any atom is 0.341 e. The molecular weight excluding hydrogens is 384 g/mol. The van der Waals surface area contributed by atoms with Crippen molar-refractivity contribution in [2.45, 2.75) is 32.9 Å². The number of anilines is 1. The van der Waals surface area contributed by atoms with Crippen LogP contribution >= 0.6 is 12.4 Å². The van der Waals surface area contributed by atoms with E-state index in [-0.39, 0.29) is 24.4 Å². The number of hydrogen-bond donors (Lipinski definition) is 2. The summed E-state index contributed by atoms with van der Waals surface area (Å²) < 4.78 is 12.2. The highest BCUT2D eigenvalue weighted by molar-refractivity contribution is 5.95. The second-order valence-electron chi connectivity index (χ2n) is 6.32. The van der Waals surface area contributed by atoms with Crippen molar-refractivity contribution in [1.29, 1.82) is 0 Å². The average Bonchev–Trinajstić information content (AvgIpc) is 3.04. The summed E-state index contributed by atoms with van der Waals surface area (Å²) in [5, 5.41) is 10.4. The lowest BCUT2D eigenvalue weighted by Gasteiger charge is -2.29. The van der Waals surface area contributed by atoms with E-state index in [2.05, 4.69) is 15.7 Å². The Bertz CT molecular complexity index is 839. The maximum atomic E-state index is 12.5. The van der Waals surface area contributed by atoms with Crippen LogP contribution in [0.1, 0.15) is 29.9 Å². The van der Waals surface area contributed by atoms with Gasteiger partial charge in [0.2, 0.25) is 5.91 Å². The van der Waals surface area contributed by atoms with E-state index in [1.54, 1.807) is 30.7 Å². The van der Waals surface area contributed by atoms with Crippen LogP contribution in [0.2, 0.25) is 0 Å². The molecule has 2 atom stereocenters. The van der Waals surface area contributed by atoms with Gasteiger partial charge in [-0.3, -0.25) is 4.79 Å². The Hall–Kier alpha value is -2.42. The fraction of sp³-hybridized carbons (Fsp3) is 0.421. The van der Waals surface area contributed by atoms with Crippen LogP contribution in [0.25, 0.3) is 5.69 Å². The third kappa shape index (κ3) is 4.70. The number of ether oxygens (including phenoxy) is 2. The molecule has 1 amide bonds. The molecule has 2 N–H and O–H groups in total. The summed E-state index contributed by atoms with van der Waals surface area (Å²) >= 11 is 0. The number of carbonyl (C=O) groups is 2. The van der Waals surface area contributed by atoms with Gasteiger partial charge in [-0.05, 0) is 39.0 Å². The van der Waals surface area contributed by atoms with Gasteiger partial charge in [0.25, 0.3) is 0 Å². The summed E-state index contributed by atoms with van der Waals surface area (Å²) in [5.41, 5.74) is 2.47. The van der Waals surface area contributed by atoms with Gasteiger partial charge in [0.05, 0.1) is 36.9 Å². The molecule has 0 unspecified atom stereocenters. The Morgan fingerprint density at radius 1 is 1.43 bits per heavy atom. The quantitative estimate of drug-likeness (QED) is 0.736. The summed E-state index contributed by atoms with van der Waals surface area (Å²) in [7, 11) is 0. The Balaban J connectivity index is 0.00000280. The van der Waals surface area contributed by atoms with Crippen molar-refractivity contribution >= 4 is 30.0 Å². The number of amides is 1. The molecule has 1 aromatic carbocycles. The van der Waals surface area contributed by atoms with Gasteiger partial charge in [0.1, 0.15) is 11.6 Å². The number of nitrogens with zero attached hydrogens (tertiary/aromatic N) is 2. The molecule has 8 nitrogen and oxygen atoms in total. The third-order valence-corrected chi connectivity index (χ3v) is 4.46. The van der Waals surface area contributed by atoms with Crippen molar-refractivity contribution in [3.05, 3.63) is 41.7 Å². The van der Waals surface area contributed by atoms with Crippen LogP contribution in [0.5, 0.6) is 0 Å². The molecule has 1 fully saturated rings. The van der Waals surface area contributed by atoms with Crippen molar-refractivity contribution in [2.75, 3.05) is 25.1 Å². The van der Waals surface area contributed by atoms with Gasteiger partial charge >= 0.3 is 5.97 Å². The molecule has 0 spiro atoms. The molecule has 1 saturated heterocycles. The van der Waals surface area contributed by atoms with Gasteiger partial charge in [-0.15, -0.1) is 12.4 Å². The number of esters is 1. The Labute approximate surface area is 170 Å². The maximum absolute atomic E-state index is 12.5. The van der Waals surface area contributed by atoms with E-state index in [9.17, 15) is 9.59 Å². The van der Waals surface area contributed by atoms with E-state index in [4.69, 9.17) is 9.47 Å². The van der Waals surface area contributed by atoms with E-state index in [0.29, 0.717) is 36.7 Å². The predicted molar refractivity (Wildman–Crippen MR) is 107 cm³/mol. The lowest BCUT2D eigenvalue weighted by atomic mass is 10.1. The Kier molecular flexibility index (Phi) is 7.56. The predicted octanol–water partition coefficient (Wildman–Crippen LogP) is 2.09. The second kappa shape index (κ2) is 9.68. The summed E-state index contributed by atoms with van der Waals surface area (Å²) in [4.78, 5) is 24.5. The molecule has 1 aromatic heterocycles. The zero-order chi connectivity index (χ0) is 19.4. The zero-order valence-electron chi connectivity index (χ0n) is 16.1. The molecule has 1 aliphatic heterocycles. The highest BCUT2D eigenvalue weighted by Gasteiger charge is 2.28. The second-order valence-corrected chi connectivity index (χ2v) is 6.32. The fourth-order valence-electron chi connectivity index (χ4n) is 3.04. The minimum absolute atomic E-state index is 0. The molecule has 0 radical (unpaired) electrons. The highest BCUT2D eigenvalue weighted by atomic mass is 35.5. The highest BCUT2D eigenvalue weighted by Crippen LogP contribution is 2.19. The standard InChI is InChI=1S/C19H24N4O4.ClH/c1-4-26-19(25)16-11-21-23(12(16)2)15-7-5-6-14(10-15)22-18(24)17-13(3)27-9-8-20-17;/h5-7,10-11,13,17,20H,4,8-9H2,1-3H3,(H,22,24);1H/t13-,17+;/m1./s1. The Morgan fingerprint density at radius 3 is 2.93 bits per heavy atom. The number of morpholine rings is 1. The molecule has 2 heterocycles. The first kappa shape index (κ1) is 21.9. The molecule has 3 rings (SSSR count). The van der Waals surface area contributed by atoms with Gasteiger partial charge in [0.15, 0.2) is 0 Å². The minimum atomic E-state index is -0.400. The van der Waals surface area contributed by atoms with Crippen LogP contribution in [0.15, 0.2) is 30.5 Å². The fourth-order valence-corrected chi connectivity index (χ4v) is 3.04. The third-order valence-electron chi connectivity index (χ3n) is 4.46. The lowest BCUT2D eigenvalue weighted by molar-refractivity contribution is -0.123. The number of carbonyl (C=O) groups excluding carboxylic acids is 2. The van der Waals surface area contributed by atoms with Gasteiger partial charge in [0, 0.05) is 12.2 Å². The summed E-state index contributed by atoms with van der Waals surface area (Å²) in [6.07, 6.45) is 1.30. The van der Waals surface area contributed by atoms with Crippen molar-refractivity contribution < 1.29 is 19.1 Å². The van der Waals surface area contributed by atoms with Crippen LogP contribution in [-0.2, 0) is 14.3 Å². The number of halogens is 1. The molecule has 152 valence electrons. The van der Waals surface area contributed by atoms with Crippen LogP contribution in [0.3, 0.4) is 0 Å². The van der Waals surface area contributed by atoms with Crippen molar-refractivity contribution in [1.82, 2.24) is 15.1 Å². The van der Waals surface area contributed by atoms with Crippen LogP contribution in [0.4, 0.5) is 5.69 Å². The van der Waals surface area contributed by atoms with Gasteiger partial charge in [-0.1, -0.05) is 6.07 Å². The molecule has 9 heteroatoms.